The number of carbonyl (C=O) groups is 1. The van der Waals surface area contributed by atoms with Crippen LogP contribution in [0, 0.1) is 32.1 Å². The molecule has 1 N–H and O–H groups in total. The van der Waals surface area contributed by atoms with E-state index in [-0.39, 0.29) is 12.1 Å². The maximum atomic E-state index is 12.1. The third-order valence-electron chi connectivity index (χ3n) is 3.50. The first-order valence-electron chi connectivity index (χ1n) is 6.88. The van der Waals surface area contributed by atoms with Crippen molar-refractivity contribution in [3.8, 4) is 6.07 Å². The summed E-state index contributed by atoms with van der Waals surface area (Å²) in [6, 6.07) is 6.99. The lowest BCUT2D eigenvalue weighted by atomic mass is 10.1. The van der Waals surface area contributed by atoms with E-state index in [1.54, 1.807) is 32.0 Å². The second kappa shape index (κ2) is 6.63. The molecule has 1 aromatic heterocycles. The Hall–Kier alpha value is -2.65. The van der Waals surface area contributed by atoms with Gasteiger partial charge in [-0.25, -0.2) is 4.68 Å². The van der Waals surface area contributed by atoms with Gasteiger partial charge in [-0.3, -0.25) is 9.59 Å². The maximum absolute atomic E-state index is 12.1. The number of nitrogens with one attached hydrogen (secondary N) is 1. The van der Waals surface area contributed by atoms with Gasteiger partial charge < -0.3 is 5.32 Å². The third-order valence-corrected chi connectivity index (χ3v) is 3.90. The number of rotatable bonds is 3. The zero-order valence-electron chi connectivity index (χ0n) is 13.0. The van der Waals surface area contributed by atoms with Crippen LogP contribution in [0.5, 0.6) is 0 Å². The SMILES string of the molecule is Cc1ccc(NC(=O)Cn2nc(C)c(C)c(C#N)c2=O)cc1Cl. The Morgan fingerprint density at radius 1 is 1.39 bits per heavy atom. The van der Waals surface area contributed by atoms with Crippen molar-refractivity contribution < 1.29 is 4.79 Å². The summed E-state index contributed by atoms with van der Waals surface area (Å²) in [7, 11) is 0. The summed E-state index contributed by atoms with van der Waals surface area (Å²) in [6.45, 7) is 4.92. The molecule has 0 aliphatic carbocycles. The number of hydrogen-bond acceptors (Lipinski definition) is 4. The molecular formula is C16H15ClN4O2. The van der Waals surface area contributed by atoms with E-state index >= 15 is 0 Å². The van der Waals surface area contributed by atoms with Crippen molar-refractivity contribution in [3.63, 3.8) is 0 Å². The van der Waals surface area contributed by atoms with Crippen LogP contribution in [0.15, 0.2) is 23.0 Å². The highest BCUT2D eigenvalue weighted by molar-refractivity contribution is 6.31. The topological polar surface area (TPSA) is 87.8 Å². The molecule has 1 aromatic carbocycles. The van der Waals surface area contributed by atoms with Gasteiger partial charge in [0.15, 0.2) is 0 Å². The highest BCUT2D eigenvalue weighted by Gasteiger charge is 2.14. The van der Waals surface area contributed by atoms with Crippen LogP contribution in [0.25, 0.3) is 0 Å². The van der Waals surface area contributed by atoms with E-state index < -0.39 is 11.5 Å². The molecule has 0 saturated carbocycles. The van der Waals surface area contributed by atoms with Crippen molar-refractivity contribution in [2.24, 2.45) is 0 Å². The molecule has 0 radical (unpaired) electrons. The first-order valence-corrected chi connectivity index (χ1v) is 7.25. The molecule has 2 rings (SSSR count). The molecular weight excluding hydrogens is 316 g/mol. The van der Waals surface area contributed by atoms with E-state index in [4.69, 9.17) is 16.9 Å². The largest absolute Gasteiger partial charge is 0.324 e. The van der Waals surface area contributed by atoms with Crippen LogP contribution in [-0.2, 0) is 11.3 Å². The molecule has 1 amide bonds. The molecule has 23 heavy (non-hydrogen) atoms. The number of aromatic nitrogens is 2. The molecule has 0 saturated heterocycles. The zero-order valence-corrected chi connectivity index (χ0v) is 13.7. The molecule has 7 heteroatoms. The molecule has 0 spiro atoms. The summed E-state index contributed by atoms with van der Waals surface area (Å²) in [5, 5.41) is 16.3. The minimum Gasteiger partial charge on any atom is -0.324 e. The summed E-state index contributed by atoms with van der Waals surface area (Å²) in [5.41, 5.74) is 1.92. The molecule has 0 unspecified atom stereocenters. The van der Waals surface area contributed by atoms with E-state index in [2.05, 4.69) is 10.4 Å². The average molecular weight is 331 g/mol. The van der Waals surface area contributed by atoms with Gasteiger partial charge in [-0.1, -0.05) is 17.7 Å². The van der Waals surface area contributed by atoms with Crippen LogP contribution >= 0.6 is 11.6 Å². The second-order valence-electron chi connectivity index (χ2n) is 5.17. The Morgan fingerprint density at radius 2 is 2.09 bits per heavy atom. The van der Waals surface area contributed by atoms with E-state index in [0.717, 1.165) is 10.2 Å². The fourth-order valence-corrected chi connectivity index (χ4v) is 2.20. The van der Waals surface area contributed by atoms with Crippen LogP contribution in [0.4, 0.5) is 5.69 Å². The quantitative estimate of drug-likeness (QED) is 0.935. The van der Waals surface area contributed by atoms with E-state index in [1.165, 1.54) is 0 Å². The van der Waals surface area contributed by atoms with E-state index in [0.29, 0.717) is 22.0 Å². The van der Waals surface area contributed by atoms with E-state index in [1.807, 2.05) is 13.0 Å². The summed E-state index contributed by atoms with van der Waals surface area (Å²) < 4.78 is 0.992. The van der Waals surface area contributed by atoms with Gasteiger partial charge in [0, 0.05) is 10.7 Å². The molecule has 0 aliphatic heterocycles. The molecule has 0 fully saturated rings. The molecule has 0 aliphatic rings. The number of benzene rings is 1. The van der Waals surface area contributed by atoms with Gasteiger partial charge >= 0.3 is 0 Å². The van der Waals surface area contributed by atoms with Gasteiger partial charge in [-0.15, -0.1) is 0 Å². The minimum atomic E-state index is -0.576. The lowest BCUT2D eigenvalue weighted by molar-refractivity contribution is -0.117. The van der Waals surface area contributed by atoms with Gasteiger partial charge in [0.1, 0.15) is 18.2 Å². The summed E-state index contributed by atoms with van der Waals surface area (Å²) in [4.78, 5) is 24.2. The molecule has 6 nitrogen and oxygen atoms in total. The molecule has 2 aromatic rings. The lowest BCUT2D eigenvalue weighted by Gasteiger charge is -2.10. The second-order valence-corrected chi connectivity index (χ2v) is 5.58. The lowest BCUT2D eigenvalue weighted by Crippen LogP contribution is -2.32. The Bertz CT molecular complexity index is 881. The van der Waals surface area contributed by atoms with Crippen molar-refractivity contribution >= 4 is 23.2 Å². The van der Waals surface area contributed by atoms with Crippen LogP contribution < -0.4 is 10.9 Å². The fourth-order valence-electron chi connectivity index (χ4n) is 2.02. The smallest absolute Gasteiger partial charge is 0.285 e. The summed E-state index contributed by atoms with van der Waals surface area (Å²) in [6.07, 6.45) is 0. The maximum Gasteiger partial charge on any atom is 0.285 e. The Balaban J connectivity index is 2.24. The Labute approximate surface area is 138 Å². The predicted octanol–water partition coefficient (Wildman–Crippen LogP) is 2.33. The number of halogens is 1. The predicted molar refractivity (Wildman–Crippen MR) is 87.5 cm³/mol. The van der Waals surface area contributed by atoms with Gasteiger partial charge in [0.2, 0.25) is 5.91 Å². The summed E-state index contributed by atoms with van der Waals surface area (Å²) >= 11 is 6.01. The monoisotopic (exact) mass is 330 g/mol. The number of hydrogen-bond donors (Lipinski definition) is 1. The zero-order chi connectivity index (χ0) is 17.1. The number of carbonyl (C=O) groups excluding carboxylic acids is 1. The average Bonchev–Trinajstić information content (AvgIpc) is 2.49. The van der Waals surface area contributed by atoms with Crippen molar-refractivity contribution in [1.29, 1.82) is 5.26 Å². The van der Waals surface area contributed by atoms with Gasteiger partial charge in [-0.05, 0) is 44.0 Å². The van der Waals surface area contributed by atoms with Crippen LogP contribution in [-0.4, -0.2) is 15.7 Å². The number of nitrogens with zero attached hydrogens (tertiary/aromatic N) is 3. The van der Waals surface area contributed by atoms with Crippen molar-refractivity contribution in [2.45, 2.75) is 27.3 Å². The van der Waals surface area contributed by atoms with Crippen molar-refractivity contribution in [1.82, 2.24) is 9.78 Å². The van der Waals surface area contributed by atoms with Crippen molar-refractivity contribution in [3.05, 3.63) is 56.0 Å². The van der Waals surface area contributed by atoms with Crippen LogP contribution in [0.1, 0.15) is 22.4 Å². The highest BCUT2D eigenvalue weighted by atomic mass is 35.5. The number of nitriles is 1. The van der Waals surface area contributed by atoms with Gasteiger partial charge in [0.05, 0.1) is 5.69 Å². The normalized spacial score (nSPS) is 10.2. The summed E-state index contributed by atoms with van der Waals surface area (Å²) in [5.74, 6) is -0.424. The molecule has 0 bridgehead atoms. The number of anilines is 1. The first kappa shape index (κ1) is 16.7. The van der Waals surface area contributed by atoms with Crippen LogP contribution in [0.2, 0.25) is 5.02 Å². The van der Waals surface area contributed by atoms with E-state index in [9.17, 15) is 9.59 Å². The number of amides is 1. The third kappa shape index (κ3) is 3.58. The Morgan fingerprint density at radius 3 is 2.70 bits per heavy atom. The van der Waals surface area contributed by atoms with Crippen LogP contribution in [0.3, 0.4) is 0 Å². The number of aryl methyl sites for hydroxylation is 2. The van der Waals surface area contributed by atoms with Gasteiger partial charge in [-0.2, -0.15) is 10.4 Å². The van der Waals surface area contributed by atoms with Gasteiger partial charge in [0.25, 0.3) is 5.56 Å². The molecule has 118 valence electrons. The molecule has 1 heterocycles. The molecule has 0 atom stereocenters. The standard InChI is InChI=1S/C16H15ClN4O2/c1-9-4-5-12(6-14(9)17)19-15(22)8-21-16(23)13(7-18)10(2)11(3)20-21/h4-6H,8H2,1-3H3,(H,19,22). The fraction of sp³-hybridized carbons (Fsp3) is 0.250. The first-order chi connectivity index (χ1) is 10.8. The Kier molecular flexibility index (Phi) is 4.82. The minimum absolute atomic E-state index is 0.00341. The van der Waals surface area contributed by atoms with Crippen molar-refractivity contribution in [2.75, 3.05) is 5.32 Å². The highest BCUT2D eigenvalue weighted by Crippen LogP contribution is 2.19.